The number of hydrogen-bond donors (Lipinski definition) is 1. The molecule has 1 saturated heterocycles. The van der Waals surface area contributed by atoms with Crippen molar-refractivity contribution < 1.29 is 14.3 Å². The quantitative estimate of drug-likeness (QED) is 0.719. The highest BCUT2D eigenvalue weighted by Crippen LogP contribution is 2.35. The Labute approximate surface area is 158 Å². The number of fused-ring (bicyclic) bond motifs is 1. The van der Waals surface area contributed by atoms with Crippen molar-refractivity contribution in [2.75, 3.05) is 13.1 Å². The summed E-state index contributed by atoms with van der Waals surface area (Å²) >= 11 is 0. The Bertz CT molecular complexity index is 971. The summed E-state index contributed by atoms with van der Waals surface area (Å²) in [6, 6.07) is 20.8. The maximum Gasteiger partial charge on any atom is 0.307 e. The van der Waals surface area contributed by atoms with E-state index < -0.39 is 11.9 Å². The van der Waals surface area contributed by atoms with E-state index in [4.69, 9.17) is 0 Å². The number of halogens is 1. The Morgan fingerprint density at radius 3 is 2.56 bits per heavy atom. The van der Waals surface area contributed by atoms with Gasteiger partial charge in [0.1, 0.15) is 5.82 Å². The highest BCUT2D eigenvalue weighted by atomic mass is 19.1. The average molecular weight is 363 g/mol. The van der Waals surface area contributed by atoms with Crippen LogP contribution in [0.3, 0.4) is 0 Å². The summed E-state index contributed by atoms with van der Waals surface area (Å²) in [5.74, 6) is -1.44. The van der Waals surface area contributed by atoms with Crippen LogP contribution in [0.25, 0.3) is 10.8 Å². The van der Waals surface area contributed by atoms with Gasteiger partial charge in [-0.3, -0.25) is 9.69 Å². The summed E-state index contributed by atoms with van der Waals surface area (Å²) in [5, 5.41) is 11.7. The molecule has 1 fully saturated rings. The lowest BCUT2D eigenvalue weighted by molar-refractivity contribution is -0.143. The molecule has 0 aromatic heterocycles. The Balaban J connectivity index is 1.80. The normalized spacial score (nSPS) is 19.1. The van der Waals surface area contributed by atoms with Crippen LogP contribution in [0.4, 0.5) is 4.39 Å². The third-order valence-corrected chi connectivity index (χ3v) is 5.46. The van der Waals surface area contributed by atoms with Crippen molar-refractivity contribution >= 4 is 16.7 Å². The van der Waals surface area contributed by atoms with E-state index in [-0.39, 0.29) is 11.9 Å². The number of piperidine rings is 1. The van der Waals surface area contributed by atoms with Gasteiger partial charge in [-0.15, -0.1) is 0 Å². The van der Waals surface area contributed by atoms with Crippen LogP contribution in [0, 0.1) is 11.7 Å². The summed E-state index contributed by atoms with van der Waals surface area (Å²) in [6.07, 6.45) is 1.48. The fraction of sp³-hybridized carbons (Fsp3) is 0.261. The zero-order valence-electron chi connectivity index (χ0n) is 15.0. The minimum Gasteiger partial charge on any atom is -0.481 e. The van der Waals surface area contributed by atoms with Gasteiger partial charge in [0.05, 0.1) is 12.0 Å². The Morgan fingerprint density at radius 1 is 1.04 bits per heavy atom. The lowest BCUT2D eigenvalue weighted by Gasteiger charge is -2.37. The van der Waals surface area contributed by atoms with Crippen molar-refractivity contribution in [3.63, 3.8) is 0 Å². The molecule has 1 heterocycles. The van der Waals surface area contributed by atoms with E-state index in [0.29, 0.717) is 18.5 Å². The van der Waals surface area contributed by atoms with Crippen molar-refractivity contribution in [3.05, 3.63) is 83.7 Å². The zero-order valence-corrected chi connectivity index (χ0v) is 15.0. The van der Waals surface area contributed by atoms with Gasteiger partial charge >= 0.3 is 5.97 Å². The maximum absolute atomic E-state index is 14.7. The number of rotatable bonds is 4. The van der Waals surface area contributed by atoms with Crippen LogP contribution >= 0.6 is 0 Å². The first kappa shape index (κ1) is 17.7. The predicted molar refractivity (Wildman–Crippen MR) is 104 cm³/mol. The molecule has 138 valence electrons. The molecule has 0 radical (unpaired) electrons. The van der Waals surface area contributed by atoms with Crippen LogP contribution in [0.2, 0.25) is 0 Å². The first-order valence-electron chi connectivity index (χ1n) is 9.33. The third kappa shape index (κ3) is 3.58. The van der Waals surface area contributed by atoms with E-state index in [0.717, 1.165) is 29.3 Å². The maximum atomic E-state index is 14.7. The van der Waals surface area contributed by atoms with Crippen LogP contribution < -0.4 is 0 Å². The molecule has 0 spiro atoms. The highest BCUT2D eigenvalue weighted by Gasteiger charge is 2.32. The van der Waals surface area contributed by atoms with Gasteiger partial charge in [-0.1, -0.05) is 54.6 Å². The SMILES string of the molecule is O=C(O)C1CCCN(C(c2ccc3ccccc3c2)c2ccccc2F)C1. The van der Waals surface area contributed by atoms with Crippen LogP contribution in [-0.4, -0.2) is 29.1 Å². The van der Waals surface area contributed by atoms with Crippen LogP contribution in [0.1, 0.15) is 30.0 Å². The second-order valence-corrected chi connectivity index (χ2v) is 7.20. The van der Waals surface area contributed by atoms with Gasteiger partial charge < -0.3 is 5.11 Å². The lowest BCUT2D eigenvalue weighted by atomic mass is 9.90. The van der Waals surface area contributed by atoms with Gasteiger partial charge in [-0.05, 0) is 47.9 Å². The largest absolute Gasteiger partial charge is 0.481 e. The number of nitrogens with zero attached hydrogens (tertiary/aromatic N) is 1. The van der Waals surface area contributed by atoms with Gasteiger partial charge in [-0.25, -0.2) is 4.39 Å². The molecule has 1 aliphatic heterocycles. The molecule has 1 aliphatic rings. The predicted octanol–water partition coefficient (Wildman–Crippen LogP) is 4.86. The molecule has 2 unspecified atom stereocenters. The fourth-order valence-electron chi connectivity index (χ4n) is 4.10. The highest BCUT2D eigenvalue weighted by molar-refractivity contribution is 5.83. The van der Waals surface area contributed by atoms with Crippen molar-refractivity contribution in [1.29, 1.82) is 0 Å². The van der Waals surface area contributed by atoms with Gasteiger partial charge in [0.15, 0.2) is 0 Å². The molecule has 4 heteroatoms. The second kappa shape index (κ2) is 7.49. The Kier molecular flexibility index (Phi) is 4.90. The van der Waals surface area contributed by atoms with Gasteiger partial charge in [0, 0.05) is 12.1 Å². The number of carboxylic acids is 1. The number of carbonyl (C=O) groups is 1. The van der Waals surface area contributed by atoms with E-state index >= 15 is 0 Å². The van der Waals surface area contributed by atoms with E-state index in [1.807, 2.05) is 30.3 Å². The van der Waals surface area contributed by atoms with Gasteiger partial charge in [-0.2, -0.15) is 0 Å². The molecular formula is C23H22FNO2. The third-order valence-electron chi connectivity index (χ3n) is 5.46. The molecule has 2 atom stereocenters. The Hall–Kier alpha value is -2.72. The van der Waals surface area contributed by atoms with Gasteiger partial charge in [0.2, 0.25) is 0 Å². The average Bonchev–Trinajstić information content (AvgIpc) is 2.70. The molecule has 0 aliphatic carbocycles. The molecule has 3 nitrogen and oxygen atoms in total. The molecule has 3 aromatic carbocycles. The summed E-state index contributed by atoms with van der Waals surface area (Å²) in [5.41, 5.74) is 1.59. The minimum atomic E-state index is -0.773. The zero-order chi connectivity index (χ0) is 18.8. The minimum absolute atomic E-state index is 0.256. The second-order valence-electron chi connectivity index (χ2n) is 7.20. The van der Waals surface area contributed by atoms with Crippen LogP contribution in [0.5, 0.6) is 0 Å². The standard InChI is InChI=1S/C23H22FNO2/c24-21-10-4-3-9-20(21)22(25-13-5-8-19(15-25)23(26)27)18-12-11-16-6-1-2-7-17(16)14-18/h1-4,6-7,9-12,14,19,22H,5,8,13,15H2,(H,26,27). The van der Waals surface area contributed by atoms with Crippen molar-refractivity contribution in [3.8, 4) is 0 Å². The molecule has 0 bridgehead atoms. The summed E-state index contributed by atoms with van der Waals surface area (Å²) in [7, 11) is 0. The summed E-state index contributed by atoms with van der Waals surface area (Å²) < 4.78 is 14.7. The number of benzene rings is 3. The van der Waals surface area contributed by atoms with E-state index in [1.165, 1.54) is 6.07 Å². The number of likely N-dealkylation sites (tertiary alicyclic amines) is 1. The number of aliphatic carboxylic acids is 1. The Morgan fingerprint density at radius 2 is 1.78 bits per heavy atom. The van der Waals surface area contributed by atoms with Crippen LogP contribution in [-0.2, 0) is 4.79 Å². The van der Waals surface area contributed by atoms with Crippen molar-refractivity contribution in [2.45, 2.75) is 18.9 Å². The molecule has 0 amide bonds. The number of carboxylic acid groups (broad SMARTS) is 1. The molecule has 0 saturated carbocycles. The number of hydrogen-bond acceptors (Lipinski definition) is 2. The summed E-state index contributed by atoms with van der Waals surface area (Å²) in [6.45, 7) is 1.19. The first-order chi connectivity index (χ1) is 13.1. The fourth-order valence-corrected chi connectivity index (χ4v) is 4.10. The molecule has 4 rings (SSSR count). The van der Waals surface area contributed by atoms with E-state index in [2.05, 4.69) is 23.1 Å². The molecule has 1 N–H and O–H groups in total. The molecule has 3 aromatic rings. The first-order valence-corrected chi connectivity index (χ1v) is 9.33. The topological polar surface area (TPSA) is 40.5 Å². The van der Waals surface area contributed by atoms with Crippen LogP contribution in [0.15, 0.2) is 66.7 Å². The molecular weight excluding hydrogens is 341 g/mol. The van der Waals surface area contributed by atoms with E-state index in [9.17, 15) is 14.3 Å². The molecule has 27 heavy (non-hydrogen) atoms. The summed E-state index contributed by atoms with van der Waals surface area (Å²) in [4.78, 5) is 13.7. The van der Waals surface area contributed by atoms with Crippen molar-refractivity contribution in [1.82, 2.24) is 4.90 Å². The monoisotopic (exact) mass is 363 g/mol. The lowest BCUT2D eigenvalue weighted by Crippen LogP contribution is -2.41. The van der Waals surface area contributed by atoms with Crippen molar-refractivity contribution in [2.24, 2.45) is 5.92 Å². The smallest absolute Gasteiger partial charge is 0.307 e. The van der Waals surface area contributed by atoms with Gasteiger partial charge in [0.25, 0.3) is 0 Å². The van der Waals surface area contributed by atoms with E-state index in [1.54, 1.807) is 12.1 Å².